The van der Waals surface area contributed by atoms with Gasteiger partial charge in [-0.05, 0) is 42.0 Å². The van der Waals surface area contributed by atoms with Gasteiger partial charge >= 0.3 is 0 Å². The van der Waals surface area contributed by atoms with Crippen LogP contribution in [0.15, 0.2) is 53.0 Å². The highest BCUT2D eigenvalue weighted by molar-refractivity contribution is 9.10. The molecule has 0 radical (unpaired) electrons. The number of benzene rings is 2. The monoisotopic (exact) mass is 321 g/mol. The number of nitrogens with zero attached hydrogens (tertiary/aromatic N) is 1. The molecule has 0 atom stereocenters. The van der Waals surface area contributed by atoms with Crippen molar-refractivity contribution in [2.24, 2.45) is 0 Å². The minimum absolute atomic E-state index is 0.0772. The summed E-state index contributed by atoms with van der Waals surface area (Å²) in [7, 11) is 0. The van der Waals surface area contributed by atoms with Crippen molar-refractivity contribution in [1.29, 1.82) is 0 Å². The molecule has 0 saturated carbocycles. The van der Waals surface area contributed by atoms with E-state index in [1.807, 2.05) is 24.3 Å². The summed E-state index contributed by atoms with van der Waals surface area (Å²) in [4.78, 5) is 13.4. The van der Waals surface area contributed by atoms with E-state index in [2.05, 4.69) is 15.9 Å². The zero-order chi connectivity index (χ0) is 13.8. The Morgan fingerprint density at radius 3 is 2.47 bits per heavy atom. The maximum absolute atomic E-state index is 12.9. The van der Waals surface area contributed by atoms with Crippen LogP contribution in [0.5, 0.6) is 0 Å². The van der Waals surface area contributed by atoms with Crippen LogP contribution in [-0.4, -0.2) is 5.91 Å². The summed E-state index contributed by atoms with van der Waals surface area (Å²) < 4.78 is 13.9. The van der Waals surface area contributed by atoms with Gasteiger partial charge in [0.1, 0.15) is 5.82 Å². The predicted molar refractivity (Wildman–Crippen MR) is 77.4 cm³/mol. The lowest BCUT2D eigenvalue weighted by Crippen LogP contribution is -2.27. The normalized spacial score (nSPS) is 10.3. The van der Waals surface area contributed by atoms with Gasteiger partial charge in [-0.1, -0.05) is 28.1 Å². The molecule has 98 valence electrons. The van der Waals surface area contributed by atoms with Gasteiger partial charge in [0.15, 0.2) is 0 Å². The van der Waals surface area contributed by atoms with Crippen molar-refractivity contribution < 1.29 is 9.18 Å². The molecule has 1 amide bonds. The molecule has 0 unspecified atom stereocenters. The van der Waals surface area contributed by atoms with E-state index in [1.165, 1.54) is 19.1 Å². The quantitative estimate of drug-likeness (QED) is 0.832. The minimum Gasteiger partial charge on any atom is -0.308 e. The predicted octanol–water partition coefficient (Wildman–Crippen LogP) is 4.14. The van der Waals surface area contributed by atoms with Crippen molar-refractivity contribution in [1.82, 2.24) is 0 Å². The molecule has 2 aromatic rings. The molecule has 19 heavy (non-hydrogen) atoms. The van der Waals surface area contributed by atoms with Gasteiger partial charge < -0.3 is 4.90 Å². The van der Waals surface area contributed by atoms with Crippen LogP contribution < -0.4 is 4.90 Å². The van der Waals surface area contributed by atoms with Crippen molar-refractivity contribution in [3.8, 4) is 0 Å². The Kier molecular flexibility index (Phi) is 4.32. The maximum atomic E-state index is 12.9. The molecular weight excluding hydrogens is 309 g/mol. The van der Waals surface area contributed by atoms with Crippen LogP contribution in [0.4, 0.5) is 10.1 Å². The zero-order valence-electron chi connectivity index (χ0n) is 10.4. The number of amides is 1. The van der Waals surface area contributed by atoms with Gasteiger partial charge in [0, 0.05) is 17.1 Å². The lowest BCUT2D eigenvalue weighted by molar-refractivity contribution is -0.116. The second-order valence-electron chi connectivity index (χ2n) is 4.21. The van der Waals surface area contributed by atoms with Crippen molar-refractivity contribution in [2.75, 3.05) is 4.90 Å². The first kappa shape index (κ1) is 13.7. The van der Waals surface area contributed by atoms with Crippen molar-refractivity contribution in [3.05, 3.63) is 64.4 Å². The van der Waals surface area contributed by atoms with Crippen molar-refractivity contribution in [3.63, 3.8) is 0 Å². The van der Waals surface area contributed by atoms with Gasteiger partial charge in [-0.3, -0.25) is 4.79 Å². The smallest absolute Gasteiger partial charge is 0.224 e. The second-order valence-corrected chi connectivity index (χ2v) is 5.13. The summed E-state index contributed by atoms with van der Waals surface area (Å²) in [6.07, 6.45) is 0. The molecule has 0 bridgehead atoms. The maximum Gasteiger partial charge on any atom is 0.224 e. The molecular formula is C15H13BrFNO. The fourth-order valence-electron chi connectivity index (χ4n) is 1.82. The van der Waals surface area contributed by atoms with Gasteiger partial charge in [-0.2, -0.15) is 0 Å². The molecule has 0 aliphatic heterocycles. The Bertz CT molecular complexity index is 583. The third kappa shape index (κ3) is 3.64. The number of hydrogen-bond acceptors (Lipinski definition) is 1. The van der Waals surface area contributed by atoms with Crippen LogP contribution in [0.1, 0.15) is 12.5 Å². The van der Waals surface area contributed by atoms with Crippen LogP contribution in [0.25, 0.3) is 0 Å². The molecule has 0 aliphatic rings. The van der Waals surface area contributed by atoms with Gasteiger partial charge in [0.25, 0.3) is 0 Å². The Morgan fingerprint density at radius 1 is 1.21 bits per heavy atom. The number of carbonyl (C=O) groups excluding carboxylic acids is 1. The minimum atomic E-state index is -0.310. The first-order valence-corrected chi connectivity index (χ1v) is 6.63. The fraction of sp³-hybridized carbons (Fsp3) is 0.133. The molecule has 0 aromatic heterocycles. The van der Waals surface area contributed by atoms with Crippen LogP contribution in [0, 0.1) is 5.82 Å². The third-order valence-corrected chi connectivity index (χ3v) is 3.24. The molecule has 2 rings (SSSR count). The summed E-state index contributed by atoms with van der Waals surface area (Å²) in [6.45, 7) is 1.96. The molecule has 2 aromatic carbocycles. The van der Waals surface area contributed by atoms with Crippen molar-refractivity contribution >= 4 is 27.5 Å². The summed E-state index contributed by atoms with van der Waals surface area (Å²) >= 11 is 3.40. The van der Waals surface area contributed by atoms with E-state index in [4.69, 9.17) is 0 Å². The first-order chi connectivity index (χ1) is 9.06. The number of anilines is 1. The largest absolute Gasteiger partial charge is 0.308 e. The zero-order valence-corrected chi connectivity index (χ0v) is 12.0. The lowest BCUT2D eigenvalue weighted by atomic mass is 10.2. The van der Waals surface area contributed by atoms with E-state index in [9.17, 15) is 9.18 Å². The molecule has 0 heterocycles. The molecule has 0 saturated heterocycles. The molecule has 0 spiro atoms. The molecule has 0 aliphatic carbocycles. The molecule has 0 N–H and O–H groups in total. The number of hydrogen-bond donors (Lipinski definition) is 0. The highest BCUT2D eigenvalue weighted by atomic mass is 79.9. The van der Waals surface area contributed by atoms with E-state index in [0.29, 0.717) is 12.2 Å². The van der Waals surface area contributed by atoms with E-state index in [1.54, 1.807) is 17.0 Å². The summed E-state index contributed by atoms with van der Waals surface area (Å²) in [5, 5.41) is 0. The highest BCUT2D eigenvalue weighted by Crippen LogP contribution is 2.20. The topological polar surface area (TPSA) is 20.3 Å². The summed E-state index contributed by atoms with van der Waals surface area (Å²) in [5.74, 6) is -0.388. The third-order valence-electron chi connectivity index (χ3n) is 2.75. The standard InChI is InChI=1S/C15H13BrFNO/c1-11(19)18(15-7-5-14(17)6-8-15)10-12-3-2-4-13(16)9-12/h2-9H,10H2,1H3. The average Bonchev–Trinajstić information content (AvgIpc) is 2.37. The fourth-order valence-corrected chi connectivity index (χ4v) is 2.27. The average molecular weight is 322 g/mol. The number of rotatable bonds is 3. The van der Waals surface area contributed by atoms with Crippen LogP contribution in [0.2, 0.25) is 0 Å². The van der Waals surface area contributed by atoms with Crippen molar-refractivity contribution in [2.45, 2.75) is 13.5 Å². The van der Waals surface area contributed by atoms with Crippen LogP contribution in [0.3, 0.4) is 0 Å². The van der Waals surface area contributed by atoms with E-state index < -0.39 is 0 Å². The Balaban J connectivity index is 2.26. The van der Waals surface area contributed by atoms with Crippen LogP contribution >= 0.6 is 15.9 Å². The number of carbonyl (C=O) groups is 1. The summed E-state index contributed by atoms with van der Waals surface area (Å²) in [6, 6.07) is 13.7. The Labute approximate surface area is 120 Å². The van der Waals surface area contributed by atoms with E-state index in [0.717, 1.165) is 10.0 Å². The van der Waals surface area contributed by atoms with Crippen LogP contribution in [-0.2, 0) is 11.3 Å². The molecule has 2 nitrogen and oxygen atoms in total. The number of halogens is 2. The Morgan fingerprint density at radius 2 is 1.89 bits per heavy atom. The summed E-state index contributed by atoms with van der Waals surface area (Å²) in [5.41, 5.74) is 1.70. The van der Waals surface area contributed by atoms with Gasteiger partial charge in [-0.15, -0.1) is 0 Å². The lowest BCUT2D eigenvalue weighted by Gasteiger charge is -2.21. The second kappa shape index (κ2) is 5.97. The van der Waals surface area contributed by atoms with Gasteiger partial charge in [0.2, 0.25) is 5.91 Å². The van der Waals surface area contributed by atoms with E-state index in [-0.39, 0.29) is 11.7 Å². The van der Waals surface area contributed by atoms with Gasteiger partial charge in [0.05, 0.1) is 6.54 Å². The first-order valence-electron chi connectivity index (χ1n) is 5.84. The van der Waals surface area contributed by atoms with E-state index >= 15 is 0 Å². The Hall–Kier alpha value is -1.68. The van der Waals surface area contributed by atoms with Gasteiger partial charge in [-0.25, -0.2) is 4.39 Å². The molecule has 4 heteroatoms. The highest BCUT2D eigenvalue weighted by Gasteiger charge is 2.12. The molecule has 0 fully saturated rings. The SMILES string of the molecule is CC(=O)N(Cc1cccc(Br)c1)c1ccc(F)cc1.